The third-order valence-corrected chi connectivity index (χ3v) is 2.74. The van der Waals surface area contributed by atoms with Gasteiger partial charge in [-0.1, -0.05) is 0 Å². The lowest BCUT2D eigenvalue weighted by Crippen LogP contribution is -2.50. The molecule has 2 saturated heterocycles. The van der Waals surface area contributed by atoms with Crippen LogP contribution in [0.15, 0.2) is 0 Å². The molecule has 0 amide bonds. The minimum Gasteiger partial charge on any atom is -0.385 e. The number of rotatable bonds is 1. The molecule has 0 saturated carbocycles. The number of fused-ring (bicyclic) bond motifs is 1. The molecule has 2 unspecified atom stereocenters. The number of hydrogen-bond donors (Lipinski definition) is 2. The van der Waals surface area contributed by atoms with Gasteiger partial charge in [0, 0.05) is 12.6 Å². The lowest BCUT2D eigenvalue weighted by Gasteiger charge is -2.34. The lowest BCUT2D eigenvalue weighted by atomic mass is 10.2. The molecule has 0 radical (unpaired) electrons. The van der Waals surface area contributed by atoms with Crippen molar-refractivity contribution in [3.63, 3.8) is 0 Å². The van der Waals surface area contributed by atoms with Gasteiger partial charge in [0.05, 0.1) is 6.61 Å². The number of amidine groups is 1. The highest BCUT2D eigenvalue weighted by molar-refractivity contribution is 5.82. The molecule has 4 heteroatoms. The normalized spacial score (nSPS) is 36.3. The maximum atomic E-state index is 7.27. The van der Waals surface area contributed by atoms with Crippen molar-refractivity contribution in [3.8, 4) is 0 Å². The summed E-state index contributed by atoms with van der Waals surface area (Å²) in [6, 6.07) is 0.598. The van der Waals surface area contributed by atoms with Crippen molar-refractivity contribution in [2.75, 3.05) is 19.7 Å². The summed E-state index contributed by atoms with van der Waals surface area (Å²) in [7, 11) is 0. The van der Waals surface area contributed by atoms with Crippen LogP contribution in [0.1, 0.15) is 12.8 Å². The van der Waals surface area contributed by atoms with Gasteiger partial charge in [-0.05, 0) is 19.4 Å². The van der Waals surface area contributed by atoms with Crippen molar-refractivity contribution in [1.29, 1.82) is 5.41 Å². The summed E-state index contributed by atoms with van der Waals surface area (Å²) in [4.78, 5) is 2.38. The molecule has 0 aromatic rings. The number of ether oxygens (including phenoxy) is 1. The van der Waals surface area contributed by atoms with Crippen molar-refractivity contribution in [3.05, 3.63) is 0 Å². The molecule has 4 nitrogen and oxygen atoms in total. The van der Waals surface area contributed by atoms with Crippen molar-refractivity contribution < 1.29 is 4.74 Å². The van der Waals surface area contributed by atoms with Gasteiger partial charge in [-0.15, -0.1) is 0 Å². The largest absolute Gasteiger partial charge is 0.385 e. The quantitative estimate of drug-likeness (QED) is 0.421. The SMILES string of the molecule is N=C(N)C1CN2CCCC2CO1. The third-order valence-electron chi connectivity index (χ3n) is 2.74. The summed E-state index contributed by atoms with van der Waals surface area (Å²) in [5, 5.41) is 7.27. The maximum Gasteiger partial charge on any atom is 0.127 e. The average molecular weight is 169 g/mol. The van der Waals surface area contributed by atoms with Gasteiger partial charge >= 0.3 is 0 Å². The summed E-state index contributed by atoms with van der Waals surface area (Å²) in [6.07, 6.45) is 2.35. The van der Waals surface area contributed by atoms with E-state index in [2.05, 4.69) is 4.90 Å². The van der Waals surface area contributed by atoms with E-state index in [-0.39, 0.29) is 11.9 Å². The Morgan fingerprint density at radius 3 is 3.17 bits per heavy atom. The van der Waals surface area contributed by atoms with E-state index in [0.29, 0.717) is 6.04 Å². The Bertz CT molecular complexity index is 195. The second-order valence-corrected chi connectivity index (χ2v) is 3.57. The second-order valence-electron chi connectivity index (χ2n) is 3.57. The molecule has 3 N–H and O–H groups in total. The van der Waals surface area contributed by atoms with Crippen LogP contribution in [0.2, 0.25) is 0 Å². The first-order valence-corrected chi connectivity index (χ1v) is 4.47. The monoisotopic (exact) mass is 169 g/mol. The fraction of sp³-hybridized carbons (Fsp3) is 0.875. The fourth-order valence-electron chi connectivity index (χ4n) is 2.01. The lowest BCUT2D eigenvalue weighted by molar-refractivity contribution is -0.0169. The molecule has 0 aromatic heterocycles. The first-order chi connectivity index (χ1) is 5.77. The topological polar surface area (TPSA) is 62.3 Å². The molecule has 0 bridgehead atoms. The molecule has 68 valence electrons. The number of morpholine rings is 1. The highest BCUT2D eigenvalue weighted by Crippen LogP contribution is 2.22. The highest BCUT2D eigenvalue weighted by atomic mass is 16.5. The molecular formula is C8H15N3O. The van der Waals surface area contributed by atoms with E-state index in [0.717, 1.165) is 19.7 Å². The summed E-state index contributed by atoms with van der Waals surface area (Å²) < 4.78 is 5.46. The molecule has 2 aliphatic rings. The molecule has 2 heterocycles. The Morgan fingerprint density at radius 2 is 2.42 bits per heavy atom. The molecule has 2 atom stereocenters. The van der Waals surface area contributed by atoms with Crippen LogP contribution in [-0.2, 0) is 4.74 Å². The van der Waals surface area contributed by atoms with Crippen LogP contribution in [-0.4, -0.2) is 42.6 Å². The van der Waals surface area contributed by atoms with Crippen LogP contribution in [0.3, 0.4) is 0 Å². The van der Waals surface area contributed by atoms with Crippen molar-refractivity contribution in [1.82, 2.24) is 4.90 Å². The third kappa shape index (κ3) is 1.32. The Labute approximate surface area is 72.2 Å². The summed E-state index contributed by atoms with van der Waals surface area (Å²) in [6.45, 7) is 2.72. The van der Waals surface area contributed by atoms with Crippen LogP contribution in [0.4, 0.5) is 0 Å². The molecule has 2 aliphatic heterocycles. The highest BCUT2D eigenvalue weighted by Gasteiger charge is 2.33. The van der Waals surface area contributed by atoms with E-state index in [9.17, 15) is 0 Å². The minimum atomic E-state index is -0.153. The second kappa shape index (κ2) is 3.03. The molecule has 2 fully saturated rings. The van der Waals surface area contributed by atoms with Crippen LogP contribution < -0.4 is 5.73 Å². The van der Waals surface area contributed by atoms with Gasteiger partial charge in [0.15, 0.2) is 0 Å². The molecule has 0 aromatic carbocycles. The Morgan fingerprint density at radius 1 is 1.58 bits per heavy atom. The smallest absolute Gasteiger partial charge is 0.127 e. The number of hydrogen-bond acceptors (Lipinski definition) is 3. The van der Waals surface area contributed by atoms with Gasteiger partial charge < -0.3 is 10.5 Å². The van der Waals surface area contributed by atoms with Crippen LogP contribution in [0, 0.1) is 5.41 Å². The van der Waals surface area contributed by atoms with E-state index >= 15 is 0 Å². The van der Waals surface area contributed by atoms with Gasteiger partial charge in [0.25, 0.3) is 0 Å². The van der Waals surface area contributed by atoms with E-state index in [4.69, 9.17) is 15.9 Å². The molecule has 0 aliphatic carbocycles. The van der Waals surface area contributed by atoms with Crippen LogP contribution in [0.5, 0.6) is 0 Å². The number of nitrogens with one attached hydrogen (secondary N) is 1. The fourth-order valence-corrected chi connectivity index (χ4v) is 2.01. The molecule has 0 spiro atoms. The number of nitrogens with zero attached hydrogens (tertiary/aromatic N) is 1. The first-order valence-electron chi connectivity index (χ1n) is 4.47. The Balaban J connectivity index is 1.96. The van der Waals surface area contributed by atoms with Crippen molar-refractivity contribution in [2.45, 2.75) is 25.0 Å². The van der Waals surface area contributed by atoms with E-state index < -0.39 is 0 Å². The Kier molecular flexibility index (Phi) is 2.02. The summed E-state index contributed by atoms with van der Waals surface area (Å²) >= 11 is 0. The van der Waals surface area contributed by atoms with E-state index in [1.807, 2.05) is 0 Å². The predicted molar refractivity (Wildman–Crippen MR) is 46.2 cm³/mol. The number of nitrogens with two attached hydrogens (primary N) is 1. The van der Waals surface area contributed by atoms with Gasteiger partial charge in [0.1, 0.15) is 11.9 Å². The molecular weight excluding hydrogens is 154 g/mol. The zero-order chi connectivity index (χ0) is 8.55. The van der Waals surface area contributed by atoms with Crippen LogP contribution >= 0.6 is 0 Å². The molecule has 12 heavy (non-hydrogen) atoms. The molecule has 2 rings (SSSR count). The van der Waals surface area contributed by atoms with Crippen molar-refractivity contribution in [2.24, 2.45) is 5.73 Å². The zero-order valence-corrected chi connectivity index (χ0v) is 7.12. The van der Waals surface area contributed by atoms with E-state index in [1.54, 1.807) is 0 Å². The van der Waals surface area contributed by atoms with E-state index in [1.165, 1.54) is 12.8 Å². The van der Waals surface area contributed by atoms with Gasteiger partial charge in [0.2, 0.25) is 0 Å². The predicted octanol–water partition coefficient (Wildman–Crippen LogP) is -0.214. The zero-order valence-electron chi connectivity index (χ0n) is 7.12. The first kappa shape index (κ1) is 8.01. The summed E-state index contributed by atoms with van der Waals surface area (Å²) in [5.74, 6) is 0.167. The van der Waals surface area contributed by atoms with Crippen LogP contribution in [0.25, 0.3) is 0 Å². The van der Waals surface area contributed by atoms with Crippen molar-refractivity contribution >= 4 is 5.84 Å². The standard InChI is InChI=1S/C8H15N3O/c9-8(10)7-4-11-3-1-2-6(11)5-12-7/h6-7H,1-5H2,(H3,9,10). The average Bonchev–Trinajstić information content (AvgIpc) is 2.49. The van der Waals surface area contributed by atoms with Gasteiger partial charge in [-0.2, -0.15) is 0 Å². The summed E-state index contributed by atoms with van der Waals surface area (Å²) in [5.41, 5.74) is 5.38. The Hall–Kier alpha value is -0.610. The van der Waals surface area contributed by atoms with Gasteiger partial charge in [-0.3, -0.25) is 10.3 Å². The van der Waals surface area contributed by atoms with Gasteiger partial charge in [-0.25, -0.2) is 0 Å². The maximum absolute atomic E-state index is 7.27. The minimum absolute atomic E-state index is 0.153.